The summed E-state index contributed by atoms with van der Waals surface area (Å²) in [5.74, 6) is -0.427. The van der Waals surface area contributed by atoms with Crippen LogP contribution < -0.4 is 10.6 Å². The van der Waals surface area contributed by atoms with Gasteiger partial charge in [0.15, 0.2) is 0 Å². The van der Waals surface area contributed by atoms with Crippen molar-refractivity contribution in [2.45, 2.75) is 25.7 Å². The van der Waals surface area contributed by atoms with Crippen LogP contribution in [-0.2, 0) is 0 Å². The quantitative estimate of drug-likeness (QED) is 0.853. The van der Waals surface area contributed by atoms with E-state index in [0.717, 1.165) is 16.9 Å². The van der Waals surface area contributed by atoms with Crippen LogP contribution in [0, 0.1) is 0 Å². The molecule has 0 radical (unpaired) electrons. The monoisotopic (exact) mass is 276 g/mol. The second kappa shape index (κ2) is 5.09. The standard InChI is InChI=1S/C14H20N2O2Si/c1-19(2,3)9-8-18-16-10-12(14(15)17)11-6-4-5-7-13(11)16/h4-7,10H,8-9H2,1-3H3,(H2,15,17). The minimum absolute atomic E-state index is 0.427. The molecule has 102 valence electrons. The molecule has 1 aromatic heterocycles. The van der Waals surface area contributed by atoms with Crippen molar-refractivity contribution in [2.75, 3.05) is 6.61 Å². The van der Waals surface area contributed by atoms with Gasteiger partial charge in [-0.05, 0) is 12.1 Å². The lowest BCUT2D eigenvalue weighted by Crippen LogP contribution is -2.25. The summed E-state index contributed by atoms with van der Waals surface area (Å²) in [5.41, 5.74) is 6.77. The third-order valence-corrected chi connectivity index (χ3v) is 4.73. The van der Waals surface area contributed by atoms with Gasteiger partial charge in [-0.2, -0.15) is 4.73 Å². The molecule has 0 atom stereocenters. The molecule has 19 heavy (non-hydrogen) atoms. The number of hydrogen-bond acceptors (Lipinski definition) is 2. The zero-order valence-corrected chi connectivity index (χ0v) is 12.6. The number of nitrogens with two attached hydrogens (primary N) is 1. The van der Waals surface area contributed by atoms with Gasteiger partial charge < -0.3 is 10.6 Å². The Balaban J connectivity index is 2.26. The minimum atomic E-state index is -1.12. The number of para-hydroxylation sites is 1. The number of nitrogens with zero attached hydrogens (tertiary/aromatic N) is 1. The Kier molecular flexibility index (Phi) is 3.66. The molecule has 2 aromatic rings. The van der Waals surface area contributed by atoms with Gasteiger partial charge in [-0.15, -0.1) is 0 Å². The van der Waals surface area contributed by atoms with Crippen LogP contribution in [0.4, 0.5) is 0 Å². The molecule has 2 rings (SSSR count). The molecule has 1 amide bonds. The van der Waals surface area contributed by atoms with Gasteiger partial charge in [0.05, 0.1) is 17.3 Å². The number of hydrogen-bond donors (Lipinski definition) is 1. The van der Waals surface area contributed by atoms with Gasteiger partial charge in [0.25, 0.3) is 5.91 Å². The van der Waals surface area contributed by atoms with E-state index < -0.39 is 14.0 Å². The van der Waals surface area contributed by atoms with Crippen LogP contribution in [0.2, 0.25) is 25.7 Å². The number of amides is 1. The molecular formula is C14H20N2O2Si. The van der Waals surface area contributed by atoms with E-state index in [1.54, 1.807) is 10.9 Å². The normalized spacial score (nSPS) is 11.7. The van der Waals surface area contributed by atoms with Crippen molar-refractivity contribution in [1.29, 1.82) is 0 Å². The predicted octanol–water partition coefficient (Wildman–Crippen LogP) is 2.51. The maximum atomic E-state index is 11.4. The van der Waals surface area contributed by atoms with E-state index in [1.165, 1.54) is 0 Å². The van der Waals surface area contributed by atoms with Gasteiger partial charge in [-0.3, -0.25) is 4.79 Å². The van der Waals surface area contributed by atoms with Gasteiger partial charge in [-0.25, -0.2) is 0 Å². The number of aromatic nitrogens is 1. The van der Waals surface area contributed by atoms with Crippen LogP contribution in [0.3, 0.4) is 0 Å². The summed E-state index contributed by atoms with van der Waals surface area (Å²) >= 11 is 0. The number of fused-ring (bicyclic) bond motifs is 1. The largest absolute Gasteiger partial charge is 0.414 e. The fourth-order valence-electron chi connectivity index (χ4n) is 1.90. The number of benzene rings is 1. The Morgan fingerprint density at radius 3 is 2.63 bits per heavy atom. The third kappa shape index (κ3) is 3.17. The minimum Gasteiger partial charge on any atom is -0.414 e. The Bertz CT molecular complexity index is 599. The van der Waals surface area contributed by atoms with Gasteiger partial charge in [-0.1, -0.05) is 37.8 Å². The summed E-state index contributed by atoms with van der Waals surface area (Å²) in [5, 5.41) is 0.836. The van der Waals surface area contributed by atoms with Crippen molar-refractivity contribution >= 4 is 24.9 Å². The molecule has 1 aromatic carbocycles. The van der Waals surface area contributed by atoms with E-state index in [1.807, 2.05) is 24.3 Å². The van der Waals surface area contributed by atoms with Crippen LogP contribution in [0.1, 0.15) is 10.4 Å². The van der Waals surface area contributed by atoms with E-state index >= 15 is 0 Å². The van der Waals surface area contributed by atoms with Crippen molar-refractivity contribution in [1.82, 2.24) is 4.73 Å². The first-order chi connectivity index (χ1) is 8.88. The van der Waals surface area contributed by atoms with Crippen molar-refractivity contribution in [2.24, 2.45) is 5.73 Å². The van der Waals surface area contributed by atoms with Crippen LogP contribution in [0.25, 0.3) is 10.9 Å². The summed E-state index contributed by atoms with van der Waals surface area (Å²) in [6.45, 7) is 7.57. The molecule has 0 saturated heterocycles. The molecule has 0 saturated carbocycles. The molecule has 2 N–H and O–H groups in total. The highest BCUT2D eigenvalue weighted by atomic mass is 28.3. The molecule has 0 fully saturated rings. The fourth-order valence-corrected chi connectivity index (χ4v) is 2.61. The summed E-state index contributed by atoms with van der Waals surface area (Å²) in [4.78, 5) is 17.2. The predicted molar refractivity (Wildman–Crippen MR) is 80.1 cm³/mol. The second-order valence-electron chi connectivity index (χ2n) is 5.89. The number of primary amides is 1. The lowest BCUT2D eigenvalue weighted by atomic mass is 10.2. The van der Waals surface area contributed by atoms with E-state index in [4.69, 9.17) is 10.6 Å². The number of rotatable bonds is 5. The smallest absolute Gasteiger partial charge is 0.251 e. The van der Waals surface area contributed by atoms with E-state index in [2.05, 4.69) is 19.6 Å². The molecule has 1 heterocycles. The van der Waals surface area contributed by atoms with Crippen LogP contribution in [0.15, 0.2) is 30.5 Å². The third-order valence-electron chi connectivity index (χ3n) is 3.03. The average molecular weight is 276 g/mol. The summed E-state index contributed by atoms with van der Waals surface area (Å²) < 4.78 is 1.66. The van der Waals surface area contributed by atoms with E-state index in [-0.39, 0.29) is 0 Å². The maximum absolute atomic E-state index is 11.4. The Morgan fingerprint density at radius 1 is 1.32 bits per heavy atom. The molecule has 0 spiro atoms. The zero-order chi connectivity index (χ0) is 14.0. The lowest BCUT2D eigenvalue weighted by Gasteiger charge is -2.16. The Morgan fingerprint density at radius 2 is 2.00 bits per heavy atom. The summed E-state index contributed by atoms with van der Waals surface area (Å²) in [7, 11) is -1.12. The second-order valence-corrected chi connectivity index (χ2v) is 11.5. The molecule has 4 nitrogen and oxygen atoms in total. The molecule has 0 aliphatic rings. The molecular weight excluding hydrogens is 256 g/mol. The van der Waals surface area contributed by atoms with E-state index in [9.17, 15) is 4.79 Å². The van der Waals surface area contributed by atoms with Crippen LogP contribution in [0.5, 0.6) is 0 Å². The highest BCUT2D eigenvalue weighted by molar-refractivity contribution is 6.76. The SMILES string of the molecule is C[Si](C)(C)CCOn1cc(C(N)=O)c2ccccc21. The van der Waals surface area contributed by atoms with Gasteiger partial charge in [0, 0.05) is 13.5 Å². The Hall–Kier alpha value is -1.75. The lowest BCUT2D eigenvalue weighted by molar-refractivity contribution is 0.0995. The van der Waals surface area contributed by atoms with Crippen molar-refractivity contribution in [3.8, 4) is 0 Å². The molecule has 5 heteroatoms. The maximum Gasteiger partial charge on any atom is 0.251 e. The molecule has 0 bridgehead atoms. The number of carbonyl (C=O) groups excluding carboxylic acids is 1. The summed E-state index contributed by atoms with van der Waals surface area (Å²) in [6.07, 6.45) is 1.68. The highest BCUT2D eigenvalue weighted by Crippen LogP contribution is 2.20. The van der Waals surface area contributed by atoms with Crippen molar-refractivity contribution in [3.05, 3.63) is 36.0 Å². The van der Waals surface area contributed by atoms with Gasteiger partial charge in [0.1, 0.15) is 6.61 Å². The topological polar surface area (TPSA) is 57.2 Å². The zero-order valence-electron chi connectivity index (χ0n) is 11.6. The first-order valence-corrected chi connectivity index (χ1v) is 10.1. The highest BCUT2D eigenvalue weighted by Gasteiger charge is 2.15. The molecule has 0 aliphatic carbocycles. The summed E-state index contributed by atoms with van der Waals surface area (Å²) in [6, 6.07) is 8.70. The van der Waals surface area contributed by atoms with Gasteiger partial charge in [0.2, 0.25) is 0 Å². The Labute approximate surface area is 114 Å². The molecule has 0 unspecified atom stereocenters. The molecule has 0 aliphatic heterocycles. The van der Waals surface area contributed by atoms with Crippen LogP contribution >= 0.6 is 0 Å². The van der Waals surface area contributed by atoms with E-state index in [0.29, 0.717) is 12.2 Å². The van der Waals surface area contributed by atoms with Gasteiger partial charge >= 0.3 is 0 Å². The fraction of sp³-hybridized carbons (Fsp3) is 0.357. The number of carbonyl (C=O) groups is 1. The first-order valence-electron chi connectivity index (χ1n) is 6.42. The first kappa shape index (κ1) is 13.7. The van der Waals surface area contributed by atoms with Crippen molar-refractivity contribution in [3.63, 3.8) is 0 Å². The average Bonchev–Trinajstić information content (AvgIpc) is 2.67. The van der Waals surface area contributed by atoms with Crippen molar-refractivity contribution < 1.29 is 9.63 Å². The van der Waals surface area contributed by atoms with Crippen LogP contribution in [-0.4, -0.2) is 25.3 Å².